The predicted molar refractivity (Wildman–Crippen MR) is 70.5 cm³/mol. The molecule has 0 bridgehead atoms. The van der Waals surface area contributed by atoms with E-state index in [0.29, 0.717) is 11.3 Å². The van der Waals surface area contributed by atoms with Crippen molar-refractivity contribution in [2.24, 2.45) is 0 Å². The molecule has 1 heterocycles. The van der Waals surface area contributed by atoms with E-state index in [1.807, 2.05) is 6.07 Å². The maximum Gasteiger partial charge on any atom is 0.291 e. The topological polar surface area (TPSA) is 66.0 Å². The van der Waals surface area contributed by atoms with Crippen molar-refractivity contribution in [1.29, 1.82) is 5.26 Å². The van der Waals surface area contributed by atoms with Crippen LogP contribution in [0.15, 0.2) is 39.2 Å². The molecule has 1 amide bonds. The van der Waals surface area contributed by atoms with Crippen LogP contribution in [-0.4, -0.2) is 5.91 Å². The van der Waals surface area contributed by atoms with Gasteiger partial charge in [0.1, 0.15) is 6.07 Å². The molecule has 6 heteroatoms. The maximum atomic E-state index is 11.8. The van der Waals surface area contributed by atoms with Gasteiger partial charge < -0.3 is 9.73 Å². The van der Waals surface area contributed by atoms with Crippen molar-refractivity contribution in [3.8, 4) is 6.07 Å². The molecule has 0 aliphatic heterocycles. The first-order valence-corrected chi connectivity index (χ1v) is 6.03. The first kappa shape index (κ1) is 12.7. The van der Waals surface area contributed by atoms with E-state index < -0.39 is 5.91 Å². The summed E-state index contributed by atoms with van der Waals surface area (Å²) in [6, 6.07) is 9.91. The van der Waals surface area contributed by atoms with Crippen LogP contribution in [0, 0.1) is 11.3 Å². The van der Waals surface area contributed by atoms with Gasteiger partial charge in [0.05, 0.1) is 11.3 Å². The number of nitriles is 1. The molecule has 0 saturated carbocycles. The monoisotopic (exact) mass is 324 g/mol. The zero-order valence-corrected chi connectivity index (χ0v) is 11.2. The number of furan rings is 1. The molecule has 0 fully saturated rings. The van der Waals surface area contributed by atoms with Crippen LogP contribution in [0.3, 0.4) is 0 Å². The van der Waals surface area contributed by atoms with Crippen molar-refractivity contribution in [2.45, 2.75) is 0 Å². The maximum absolute atomic E-state index is 11.8. The summed E-state index contributed by atoms with van der Waals surface area (Å²) in [5.74, 6) is -0.368. The molecule has 0 radical (unpaired) electrons. The van der Waals surface area contributed by atoms with Gasteiger partial charge in [-0.15, -0.1) is 0 Å². The van der Waals surface area contributed by atoms with Gasteiger partial charge in [-0.3, -0.25) is 4.79 Å². The van der Waals surface area contributed by atoms with Crippen LogP contribution in [0.1, 0.15) is 16.1 Å². The number of carbonyl (C=O) groups is 1. The lowest BCUT2D eigenvalue weighted by Gasteiger charge is -2.05. The fourth-order valence-corrected chi connectivity index (χ4v) is 1.85. The van der Waals surface area contributed by atoms with Gasteiger partial charge in [0.2, 0.25) is 0 Å². The fraction of sp³-hybridized carbons (Fsp3) is 0. The Morgan fingerprint density at radius 3 is 2.78 bits per heavy atom. The molecule has 0 atom stereocenters. The molecule has 1 aromatic heterocycles. The normalized spacial score (nSPS) is 9.83. The Morgan fingerprint density at radius 1 is 1.39 bits per heavy atom. The van der Waals surface area contributed by atoms with Crippen LogP contribution in [0.2, 0.25) is 5.22 Å². The highest BCUT2D eigenvalue weighted by Gasteiger charge is 2.12. The van der Waals surface area contributed by atoms with E-state index in [2.05, 4.69) is 21.2 Å². The van der Waals surface area contributed by atoms with Gasteiger partial charge in [-0.25, -0.2) is 0 Å². The smallest absolute Gasteiger partial charge is 0.291 e. The Balaban J connectivity index is 2.25. The van der Waals surface area contributed by atoms with Gasteiger partial charge in [-0.2, -0.15) is 5.26 Å². The third-order valence-corrected chi connectivity index (χ3v) is 2.84. The SMILES string of the molecule is N#Cc1cc(Br)ccc1NC(=O)c1ccc(Cl)o1. The van der Waals surface area contributed by atoms with Gasteiger partial charge in [-0.05, 0) is 41.9 Å². The number of carbonyl (C=O) groups excluding carboxylic acids is 1. The van der Waals surface area contributed by atoms with Crippen LogP contribution in [0.25, 0.3) is 0 Å². The minimum atomic E-state index is -0.458. The first-order chi connectivity index (χ1) is 8.60. The van der Waals surface area contributed by atoms with Crippen LogP contribution in [0.4, 0.5) is 5.69 Å². The number of halogens is 2. The van der Waals surface area contributed by atoms with E-state index in [9.17, 15) is 4.79 Å². The minimum Gasteiger partial charge on any atom is -0.440 e. The second-order valence-electron chi connectivity index (χ2n) is 3.36. The Kier molecular flexibility index (Phi) is 3.70. The molecule has 0 aliphatic rings. The molecule has 1 aromatic carbocycles. The molecule has 0 saturated heterocycles. The van der Waals surface area contributed by atoms with Crippen molar-refractivity contribution < 1.29 is 9.21 Å². The van der Waals surface area contributed by atoms with E-state index >= 15 is 0 Å². The lowest BCUT2D eigenvalue weighted by Crippen LogP contribution is -2.11. The van der Waals surface area contributed by atoms with Crippen LogP contribution in [-0.2, 0) is 0 Å². The molecule has 18 heavy (non-hydrogen) atoms. The molecular weight excluding hydrogens is 320 g/mol. The second kappa shape index (κ2) is 5.25. The fourth-order valence-electron chi connectivity index (χ4n) is 1.34. The highest BCUT2D eigenvalue weighted by atomic mass is 79.9. The predicted octanol–water partition coefficient (Wildman–Crippen LogP) is 3.82. The molecule has 2 rings (SSSR count). The van der Waals surface area contributed by atoms with Gasteiger partial charge in [0.15, 0.2) is 11.0 Å². The summed E-state index contributed by atoms with van der Waals surface area (Å²) >= 11 is 8.83. The highest BCUT2D eigenvalue weighted by Crippen LogP contribution is 2.21. The van der Waals surface area contributed by atoms with Crippen molar-refractivity contribution in [2.75, 3.05) is 5.32 Å². The molecule has 2 aromatic rings. The number of rotatable bonds is 2. The summed E-state index contributed by atoms with van der Waals surface area (Å²) in [7, 11) is 0. The standard InChI is InChI=1S/C12H6BrClN2O2/c13-8-1-2-9(7(5-8)6-15)16-12(17)10-3-4-11(14)18-10/h1-5H,(H,16,17). The molecule has 0 aliphatic carbocycles. The van der Waals surface area contributed by atoms with E-state index in [1.165, 1.54) is 12.1 Å². The van der Waals surface area contributed by atoms with E-state index in [0.717, 1.165) is 4.47 Å². The Hall–Kier alpha value is -1.77. The van der Waals surface area contributed by atoms with E-state index in [1.54, 1.807) is 18.2 Å². The summed E-state index contributed by atoms with van der Waals surface area (Å²) in [5.41, 5.74) is 0.772. The number of hydrogen-bond acceptors (Lipinski definition) is 3. The summed E-state index contributed by atoms with van der Waals surface area (Å²) in [6.45, 7) is 0. The van der Waals surface area contributed by atoms with E-state index in [-0.39, 0.29) is 11.0 Å². The molecule has 0 unspecified atom stereocenters. The number of nitrogens with zero attached hydrogens (tertiary/aromatic N) is 1. The summed E-state index contributed by atoms with van der Waals surface area (Å²) < 4.78 is 5.74. The van der Waals surface area contributed by atoms with Crippen LogP contribution < -0.4 is 5.32 Å². The Labute approximate surface area is 116 Å². The van der Waals surface area contributed by atoms with Crippen molar-refractivity contribution >= 4 is 39.1 Å². The van der Waals surface area contributed by atoms with Crippen molar-refractivity contribution in [1.82, 2.24) is 0 Å². The Morgan fingerprint density at radius 2 is 2.17 bits per heavy atom. The van der Waals surface area contributed by atoms with Gasteiger partial charge in [0.25, 0.3) is 5.91 Å². The number of nitrogens with one attached hydrogen (secondary N) is 1. The third kappa shape index (κ3) is 2.73. The van der Waals surface area contributed by atoms with Gasteiger partial charge in [-0.1, -0.05) is 15.9 Å². The van der Waals surface area contributed by atoms with Crippen LogP contribution in [0.5, 0.6) is 0 Å². The zero-order valence-electron chi connectivity index (χ0n) is 8.91. The molecule has 90 valence electrons. The van der Waals surface area contributed by atoms with Gasteiger partial charge >= 0.3 is 0 Å². The lowest BCUT2D eigenvalue weighted by atomic mass is 10.2. The largest absolute Gasteiger partial charge is 0.440 e. The minimum absolute atomic E-state index is 0.0896. The number of anilines is 1. The number of benzene rings is 1. The average Bonchev–Trinajstić information content (AvgIpc) is 2.78. The molecular formula is C12H6BrClN2O2. The second-order valence-corrected chi connectivity index (χ2v) is 4.65. The van der Waals surface area contributed by atoms with Crippen LogP contribution >= 0.6 is 27.5 Å². The molecule has 4 nitrogen and oxygen atoms in total. The third-order valence-electron chi connectivity index (χ3n) is 2.15. The molecule has 1 N–H and O–H groups in total. The van der Waals surface area contributed by atoms with Crippen molar-refractivity contribution in [3.63, 3.8) is 0 Å². The Bertz CT molecular complexity index is 646. The first-order valence-electron chi connectivity index (χ1n) is 4.86. The van der Waals surface area contributed by atoms with Crippen molar-refractivity contribution in [3.05, 3.63) is 51.3 Å². The summed E-state index contributed by atoms with van der Waals surface area (Å²) in [4.78, 5) is 11.8. The van der Waals surface area contributed by atoms with Gasteiger partial charge in [0, 0.05) is 4.47 Å². The highest BCUT2D eigenvalue weighted by molar-refractivity contribution is 9.10. The summed E-state index contributed by atoms with van der Waals surface area (Å²) in [6.07, 6.45) is 0. The number of hydrogen-bond donors (Lipinski definition) is 1. The molecule has 0 spiro atoms. The quantitative estimate of drug-likeness (QED) is 0.912. The van der Waals surface area contributed by atoms with E-state index in [4.69, 9.17) is 21.3 Å². The lowest BCUT2D eigenvalue weighted by molar-refractivity contribution is 0.0996. The zero-order chi connectivity index (χ0) is 13.1. The summed E-state index contributed by atoms with van der Waals surface area (Å²) in [5, 5.41) is 11.7. The average molecular weight is 326 g/mol. The number of amides is 1.